The highest BCUT2D eigenvalue weighted by Crippen LogP contribution is 2.10. The molecule has 104 valence electrons. The summed E-state index contributed by atoms with van der Waals surface area (Å²) in [7, 11) is 0. The third-order valence-electron chi connectivity index (χ3n) is 2.83. The van der Waals surface area contributed by atoms with Crippen molar-refractivity contribution >= 4 is 17.6 Å². The Labute approximate surface area is 113 Å². The Morgan fingerprint density at radius 3 is 2.58 bits per heavy atom. The van der Waals surface area contributed by atoms with Gasteiger partial charge in [-0.15, -0.1) is 0 Å². The van der Waals surface area contributed by atoms with Crippen LogP contribution in [0, 0.1) is 0 Å². The molecule has 0 unspecified atom stereocenters. The van der Waals surface area contributed by atoms with Gasteiger partial charge in [0.1, 0.15) is 6.54 Å². The van der Waals surface area contributed by atoms with Crippen molar-refractivity contribution in [3.63, 3.8) is 0 Å². The summed E-state index contributed by atoms with van der Waals surface area (Å²) in [6.07, 6.45) is 0.849. The van der Waals surface area contributed by atoms with E-state index in [-0.39, 0.29) is 24.9 Å². The third-order valence-corrected chi connectivity index (χ3v) is 2.83. The van der Waals surface area contributed by atoms with Crippen LogP contribution >= 0.6 is 0 Å². The number of rotatable bonds is 6. The number of amides is 1. The molecule has 0 saturated carbocycles. The zero-order valence-corrected chi connectivity index (χ0v) is 11.3. The molecule has 1 aromatic rings. The molecule has 0 heterocycles. The van der Waals surface area contributed by atoms with Crippen molar-refractivity contribution < 1.29 is 14.7 Å². The number of hydrogen-bond donors (Lipinski definition) is 2. The van der Waals surface area contributed by atoms with Crippen LogP contribution in [-0.2, 0) is 16.0 Å². The van der Waals surface area contributed by atoms with Gasteiger partial charge >= 0.3 is 5.97 Å². The molecule has 0 aliphatic heterocycles. The smallest absolute Gasteiger partial charge is 0.323 e. The maximum atomic E-state index is 12.0. The minimum Gasteiger partial charge on any atom is -0.480 e. The number of nitrogens with two attached hydrogens (primary N) is 1. The first-order chi connectivity index (χ1) is 8.90. The second kappa shape index (κ2) is 6.78. The average molecular weight is 264 g/mol. The first-order valence-electron chi connectivity index (χ1n) is 6.26. The van der Waals surface area contributed by atoms with Crippen LogP contribution in [0.25, 0.3) is 0 Å². The largest absolute Gasteiger partial charge is 0.480 e. The molecule has 0 saturated heterocycles. The van der Waals surface area contributed by atoms with E-state index in [4.69, 9.17) is 10.8 Å². The molecule has 0 bridgehead atoms. The predicted molar refractivity (Wildman–Crippen MR) is 73.7 cm³/mol. The van der Waals surface area contributed by atoms with E-state index in [0.717, 1.165) is 5.56 Å². The van der Waals surface area contributed by atoms with Crippen LogP contribution in [0.5, 0.6) is 0 Å². The number of carbonyl (C=O) groups is 2. The molecular formula is C14H20N2O3. The van der Waals surface area contributed by atoms with Crippen LogP contribution in [0.4, 0.5) is 5.69 Å². The highest BCUT2D eigenvalue weighted by molar-refractivity contribution is 5.81. The van der Waals surface area contributed by atoms with Crippen molar-refractivity contribution in [3.05, 3.63) is 29.8 Å². The maximum absolute atomic E-state index is 12.0. The quantitative estimate of drug-likeness (QED) is 0.763. The number of carbonyl (C=O) groups excluding carboxylic acids is 1. The van der Waals surface area contributed by atoms with Crippen molar-refractivity contribution in [1.29, 1.82) is 0 Å². The van der Waals surface area contributed by atoms with Gasteiger partial charge in [0.15, 0.2) is 0 Å². The molecule has 0 spiro atoms. The van der Waals surface area contributed by atoms with Crippen LogP contribution in [0.15, 0.2) is 24.3 Å². The number of carboxylic acid groups (broad SMARTS) is 1. The third kappa shape index (κ3) is 4.99. The molecule has 0 atom stereocenters. The normalized spacial score (nSPS) is 10.5. The van der Waals surface area contributed by atoms with Gasteiger partial charge in [-0.2, -0.15) is 0 Å². The predicted octanol–water partition coefficient (Wildman–Crippen LogP) is 1.52. The monoisotopic (exact) mass is 264 g/mol. The molecular weight excluding hydrogens is 244 g/mol. The molecule has 0 fully saturated rings. The Kier molecular flexibility index (Phi) is 5.36. The minimum atomic E-state index is -0.994. The summed E-state index contributed by atoms with van der Waals surface area (Å²) < 4.78 is 0. The van der Waals surface area contributed by atoms with E-state index in [9.17, 15) is 9.59 Å². The van der Waals surface area contributed by atoms with E-state index in [0.29, 0.717) is 12.1 Å². The molecule has 0 aromatic heterocycles. The van der Waals surface area contributed by atoms with Crippen molar-refractivity contribution in [2.24, 2.45) is 0 Å². The van der Waals surface area contributed by atoms with E-state index in [1.807, 2.05) is 18.2 Å². The Morgan fingerprint density at radius 1 is 1.37 bits per heavy atom. The van der Waals surface area contributed by atoms with E-state index in [1.165, 1.54) is 4.90 Å². The molecule has 0 aliphatic carbocycles. The van der Waals surface area contributed by atoms with Gasteiger partial charge in [-0.1, -0.05) is 12.1 Å². The SMILES string of the molecule is CC(C)N(CC(=O)O)C(=O)CCc1cccc(N)c1. The lowest BCUT2D eigenvalue weighted by atomic mass is 10.1. The molecule has 3 N–H and O–H groups in total. The van der Waals surface area contributed by atoms with Gasteiger partial charge in [0.05, 0.1) is 0 Å². The summed E-state index contributed by atoms with van der Waals surface area (Å²) in [6.45, 7) is 3.36. The Morgan fingerprint density at radius 2 is 2.05 bits per heavy atom. The summed E-state index contributed by atoms with van der Waals surface area (Å²) in [5.74, 6) is -1.15. The number of aryl methyl sites for hydroxylation is 1. The van der Waals surface area contributed by atoms with E-state index < -0.39 is 5.97 Å². The summed E-state index contributed by atoms with van der Waals surface area (Å²) >= 11 is 0. The van der Waals surface area contributed by atoms with E-state index in [2.05, 4.69) is 0 Å². The molecule has 5 heteroatoms. The zero-order chi connectivity index (χ0) is 14.4. The molecule has 19 heavy (non-hydrogen) atoms. The summed E-state index contributed by atoms with van der Waals surface area (Å²) in [5.41, 5.74) is 7.31. The minimum absolute atomic E-state index is 0.121. The molecule has 1 amide bonds. The second-order valence-electron chi connectivity index (χ2n) is 4.75. The Hall–Kier alpha value is -2.04. The van der Waals surface area contributed by atoms with Gasteiger partial charge in [-0.25, -0.2) is 0 Å². The van der Waals surface area contributed by atoms with Gasteiger partial charge in [-0.3, -0.25) is 9.59 Å². The number of nitrogen functional groups attached to an aromatic ring is 1. The number of carboxylic acids is 1. The summed E-state index contributed by atoms with van der Waals surface area (Å²) in [4.78, 5) is 24.1. The van der Waals surface area contributed by atoms with E-state index >= 15 is 0 Å². The first-order valence-corrected chi connectivity index (χ1v) is 6.26. The van der Waals surface area contributed by atoms with Crippen molar-refractivity contribution in [3.8, 4) is 0 Å². The van der Waals surface area contributed by atoms with E-state index in [1.54, 1.807) is 19.9 Å². The first kappa shape index (κ1) is 15.0. The highest BCUT2D eigenvalue weighted by Gasteiger charge is 2.19. The molecule has 1 rings (SSSR count). The number of anilines is 1. The topological polar surface area (TPSA) is 83.6 Å². The molecule has 0 radical (unpaired) electrons. The lowest BCUT2D eigenvalue weighted by Gasteiger charge is -2.24. The lowest BCUT2D eigenvalue weighted by molar-refractivity contribution is -0.145. The van der Waals surface area contributed by atoms with Crippen molar-refractivity contribution in [2.75, 3.05) is 12.3 Å². The number of hydrogen-bond acceptors (Lipinski definition) is 3. The van der Waals surface area contributed by atoms with Crippen LogP contribution in [0.2, 0.25) is 0 Å². The zero-order valence-electron chi connectivity index (χ0n) is 11.3. The fourth-order valence-corrected chi connectivity index (χ4v) is 1.85. The van der Waals surface area contributed by atoms with Gasteiger partial charge in [0, 0.05) is 18.2 Å². The van der Waals surface area contributed by atoms with Gasteiger partial charge < -0.3 is 15.7 Å². The Balaban J connectivity index is 2.59. The molecule has 5 nitrogen and oxygen atoms in total. The molecule has 1 aromatic carbocycles. The number of aliphatic carboxylic acids is 1. The van der Waals surface area contributed by atoms with Crippen LogP contribution < -0.4 is 5.73 Å². The number of benzene rings is 1. The summed E-state index contributed by atoms with van der Waals surface area (Å²) in [6, 6.07) is 7.23. The summed E-state index contributed by atoms with van der Waals surface area (Å²) in [5, 5.41) is 8.79. The van der Waals surface area contributed by atoms with Gasteiger partial charge in [-0.05, 0) is 38.0 Å². The van der Waals surface area contributed by atoms with Gasteiger partial charge in [0.2, 0.25) is 5.91 Å². The average Bonchev–Trinajstić information content (AvgIpc) is 2.32. The second-order valence-corrected chi connectivity index (χ2v) is 4.75. The highest BCUT2D eigenvalue weighted by atomic mass is 16.4. The molecule has 0 aliphatic rings. The van der Waals surface area contributed by atoms with Gasteiger partial charge in [0.25, 0.3) is 0 Å². The van der Waals surface area contributed by atoms with Crippen LogP contribution in [0.3, 0.4) is 0 Å². The maximum Gasteiger partial charge on any atom is 0.323 e. The number of nitrogens with zero attached hydrogens (tertiary/aromatic N) is 1. The fraction of sp³-hybridized carbons (Fsp3) is 0.429. The Bertz CT molecular complexity index is 458. The lowest BCUT2D eigenvalue weighted by Crippen LogP contribution is -2.40. The standard InChI is InChI=1S/C14H20N2O3/c1-10(2)16(9-14(18)19)13(17)7-6-11-4-3-5-12(15)8-11/h3-5,8,10H,6-7,9,15H2,1-2H3,(H,18,19). The van der Waals surface area contributed by atoms with Crippen molar-refractivity contribution in [2.45, 2.75) is 32.7 Å². The van der Waals surface area contributed by atoms with Crippen LogP contribution in [0.1, 0.15) is 25.8 Å². The fourth-order valence-electron chi connectivity index (χ4n) is 1.85. The van der Waals surface area contributed by atoms with Crippen molar-refractivity contribution in [1.82, 2.24) is 4.90 Å². The van der Waals surface area contributed by atoms with Crippen LogP contribution in [-0.4, -0.2) is 34.5 Å².